The predicted octanol–water partition coefficient (Wildman–Crippen LogP) is 6.65. The van der Waals surface area contributed by atoms with Gasteiger partial charge in [-0.3, -0.25) is 4.79 Å². The van der Waals surface area contributed by atoms with Gasteiger partial charge in [-0.05, 0) is 72.1 Å². The molecule has 0 atom stereocenters. The molecule has 13 heteroatoms. The Labute approximate surface area is 301 Å². The van der Waals surface area contributed by atoms with E-state index < -0.39 is 5.91 Å². The van der Waals surface area contributed by atoms with Crippen LogP contribution in [0.2, 0.25) is 0 Å². The molecular formula is C39H39N7O6. The molecule has 0 saturated heterocycles. The molecule has 4 aromatic carbocycles. The predicted molar refractivity (Wildman–Crippen MR) is 196 cm³/mol. The maximum absolute atomic E-state index is 14.0. The number of amides is 1. The van der Waals surface area contributed by atoms with Crippen molar-refractivity contribution in [1.82, 2.24) is 25.0 Å². The molecule has 0 spiro atoms. The number of carbonyl (C=O) groups is 1. The molecule has 0 unspecified atom stereocenters. The first-order valence-electron chi connectivity index (χ1n) is 16.6. The maximum Gasteiger partial charge on any atom is 0.266 e. The number of anilines is 2. The summed E-state index contributed by atoms with van der Waals surface area (Å²) in [4.78, 5) is 23.2. The van der Waals surface area contributed by atoms with E-state index in [-0.39, 0.29) is 36.5 Å². The van der Waals surface area contributed by atoms with Crippen molar-refractivity contribution in [2.75, 3.05) is 38.5 Å². The molecule has 2 aromatic heterocycles. The van der Waals surface area contributed by atoms with E-state index in [4.69, 9.17) is 23.7 Å². The first-order chi connectivity index (χ1) is 25.4. The third-order valence-electron chi connectivity index (χ3n) is 7.95. The molecule has 0 saturated carbocycles. The molecular weight excluding hydrogens is 662 g/mol. The number of carbonyl (C=O) groups excluding carboxylic acids is 1. The van der Waals surface area contributed by atoms with Crippen LogP contribution in [-0.4, -0.2) is 58.7 Å². The molecule has 0 radical (unpaired) electrons. The van der Waals surface area contributed by atoms with Crippen molar-refractivity contribution in [1.29, 1.82) is 0 Å². The van der Waals surface area contributed by atoms with Gasteiger partial charge in [-0.25, -0.2) is 4.68 Å². The quantitative estimate of drug-likeness (QED) is 0.112. The molecule has 6 rings (SSSR count). The van der Waals surface area contributed by atoms with Gasteiger partial charge < -0.3 is 34.3 Å². The van der Waals surface area contributed by atoms with Gasteiger partial charge in [-0.2, -0.15) is 9.97 Å². The van der Waals surface area contributed by atoms with Gasteiger partial charge in [0, 0.05) is 17.8 Å². The minimum atomic E-state index is -0.504. The van der Waals surface area contributed by atoms with Crippen molar-refractivity contribution in [2.45, 2.75) is 26.7 Å². The van der Waals surface area contributed by atoms with Crippen molar-refractivity contribution >= 4 is 17.5 Å². The zero-order chi connectivity index (χ0) is 36.3. The number of nitrogens with one attached hydrogen (secondary N) is 2. The fraction of sp³-hybridized carbons (Fsp3) is 0.205. The molecule has 266 valence electrons. The standard InChI is InChI=1S/C39H39N7O6/c1-5-40-39-42-37(51-24-27-8-18-32(49-3)19-9-27)35(38(43-39)52-25-28-10-20-33(50-4)21-11-28)36(47)41-30-14-12-29(13-15-30)34-23-46(45-44-34)22-26-6-16-31(48-2)17-7-26/h6-21,23H,5,22,24-25H2,1-4H3,(H,41,47)(H,40,42,43). The molecule has 2 N–H and O–H groups in total. The van der Waals surface area contributed by atoms with Crippen molar-refractivity contribution in [3.8, 4) is 40.3 Å². The van der Waals surface area contributed by atoms with Crippen LogP contribution in [0.3, 0.4) is 0 Å². The average molecular weight is 702 g/mol. The van der Waals surface area contributed by atoms with Gasteiger partial charge in [0.25, 0.3) is 5.91 Å². The summed E-state index contributed by atoms with van der Waals surface area (Å²) in [6.45, 7) is 3.30. The van der Waals surface area contributed by atoms with Crippen LogP contribution in [0.5, 0.6) is 29.0 Å². The summed E-state index contributed by atoms with van der Waals surface area (Å²) < 4.78 is 29.9. The highest BCUT2D eigenvalue weighted by Gasteiger charge is 2.25. The number of aromatic nitrogens is 5. The van der Waals surface area contributed by atoms with Crippen molar-refractivity contribution < 1.29 is 28.5 Å². The zero-order valence-electron chi connectivity index (χ0n) is 29.3. The second-order valence-electron chi connectivity index (χ2n) is 11.5. The van der Waals surface area contributed by atoms with E-state index >= 15 is 0 Å². The van der Waals surface area contributed by atoms with Crippen LogP contribution in [0.25, 0.3) is 11.3 Å². The lowest BCUT2D eigenvalue weighted by atomic mass is 10.1. The van der Waals surface area contributed by atoms with Crippen LogP contribution < -0.4 is 34.3 Å². The molecule has 52 heavy (non-hydrogen) atoms. The second kappa shape index (κ2) is 16.9. The van der Waals surface area contributed by atoms with Gasteiger partial charge in [0.2, 0.25) is 17.7 Å². The average Bonchev–Trinajstić information content (AvgIpc) is 3.65. The lowest BCUT2D eigenvalue weighted by Gasteiger charge is -2.17. The van der Waals surface area contributed by atoms with Crippen molar-refractivity contribution in [2.24, 2.45) is 0 Å². The van der Waals surface area contributed by atoms with Crippen molar-refractivity contribution in [3.05, 3.63) is 126 Å². The largest absolute Gasteiger partial charge is 0.497 e. The van der Waals surface area contributed by atoms with Crippen LogP contribution in [0.4, 0.5) is 11.6 Å². The number of nitrogens with zero attached hydrogens (tertiary/aromatic N) is 5. The first-order valence-corrected chi connectivity index (χ1v) is 16.6. The summed E-state index contributed by atoms with van der Waals surface area (Å²) in [6.07, 6.45) is 1.87. The summed E-state index contributed by atoms with van der Waals surface area (Å²) in [5.41, 5.74) is 4.90. The lowest BCUT2D eigenvalue weighted by molar-refractivity contribution is 0.101. The van der Waals surface area contributed by atoms with Gasteiger partial charge in [-0.1, -0.05) is 53.7 Å². The van der Waals surface area contributed by atoms with Gasteiger partial charge in [0.05, 0.1) is 34.1 Å². The second-order valence-corrected chi connectivity index (χ2v) is 11.5. The summed E-state index contributed by atoms with van der Waals surface area (Å²) >= 11 is 0. The molecule has 1 amide bonds. The Morgan fingerprint density at radius 1 is 0.673 bits per heavy atom. The maximum atomic E-state index is 14.0. The minimum absolute atomic E-state index is 0.0502. The number of rotatable bonds is 16. The molecule has 13 nitrogen and oxygen atoms in total. The fourth-order valence-electron chi connectivity index (χ4n) is 5.15. The number of methoxy groups -OCH3 is 3. The van der Waals surface area contributed by atoms with E-state index in [9.17, 15) is 4.79 Å². The van der Waals surface area contributed by atoms with Crippen LogP contribution in [-0.2, 0) is 19.8 Å². The van der Waals surface area contributed by atoms with E-state index in [1.807, 2.05) is 98.0 Å². The SMILES string of the molecule is CCNc1nc(OCc2ccc(OC)cc2)c(C(=O)Nc2ccc(-c3cn(Cc4ccc(OC)cc4)nn3)cc2)c(OCc2ccc(OC)cc2)n1. The molecule has 0 aliphatic rings. The third kappa shape index (κ3) is 8.93. The Bertz CT molecular complexity index is 2000. The molecule has 2 heterocycles. The van der Waals surface area contributed by atoms with E-state index in [1.54, 1.807) is 38.1 Å². The van der Waals surface area contributed by atoms with E-state index in [2.05, 4.69) is 30.9 Å². The highest BCUT2D eigenvalue weighted by molar-refractivity contribution is 6.07. The van der Waals surface area contributed by atoms with Gasteiger partial charge in [-0.15, -0.1) is 5.10 Å². The molecule has 0 aliphatic heterocycles. The topological polar surface area (TPSA) is 144 Å². The first kappa shape index (κ1) is 35.2. The Hall–Kier alpha value is -6.63. The Kier molecular flexibility index (Phi) is 11.4. The van der Waals surface area contributed by atoms with E-state index in [1.165, 1.54) is 0 Å². The smallest absolute Gasteiger partial charge is 0.266 e. The van der Waals surface area contributed by atoms with Crippen LogP contribution in [0.15, 0.2) is 103 Å². The van der Waals surface area contributed by atoms with Gasteiger partial charge in [0.15, 0.2) is 5.56 Å². The number of benzene rings is 4. The van der Waals surface area contributed by atoms with Crippen LogP contribution in [0.1, 0.15) is 34.0 Å². The van der Waals surface area contributed by atoms with Gasteiger partial charge in [0.1, 0.15) is 36.2 Å². The van der Waals surface area contributed by atoms with E-state index in [0.717, 1.165) is 39.5 Å². The summed E-state index contributed by atoms with van der Waals surface area (Å²) in [6, 6.07) is 30.0. The highest BCUT2D eigenvalue weighted by Crippen LogP contribution is 2.30. The third-order valence-corrected chi connectivity index (χ3v) is 7.95. The lowest BCUT2D eigenvalue weighted by Crippen LogP contribution is -2.18. The summed E-state index contributed by atoms with van der Waals surface area (Å²) in [5.74, 6) is 2.12. The number of ether oxygens (including phenoxy) is 5. The molecule has 0 aliphatic carbocycles. The van der Waals surface area contributed by atoms with Crippen LogP contribution in [0, 0.1) is 0 Å². The van der Waals surface area contributed by atoms with Crippen LogP contribution >= 0.6 is 0 Å². The number of hydrogen-bond donors (Lipinski definition) is 2. The van der Waals surface area contributed by atoms with Gasteiger partial charge >= 0.3 is 0 Å². The monoisotopic (exact) mass is 701 g/mol. The summed E-state index contributed by atoms with van der Waals surface area (Å²) in [7, 11) is 4.85. The zero-order valence-corrected chi connectivity index (χ0v) is 29.3. The van der Waals surface area contributed by atoms with Crippen molar-refractivity contribution in [3.63, 3.8) is 0 Å². The highest BCUT2D eigenvalue weighted by atomic mass is 16.5. The van der Waals surface area contributed by atoms with E-state index in [0.29, 0.717) is 24.5 Å². The normalized spacial score (nSPS) is 10.7. The fourth-order valence-corrected chi connectivity index (χ4v) is 5.15. The Morgan fingerprint density at radius 2 is 1.17 bits per heavy atom. The molecule has 0 bridgehead atoms. The number of hydrogen-bond acceptors (Lipinski definition) is 11. The minimum Gasteiger partial charge on any atom is -0.497 e. The Morgan fingerprint density at radius 3 is 1.65 bits per heavy atom. The Balaban J connectivity index is 1.23. The molecule has 6 aromatic rings. The molecule has 0 fully saturated rings. The summed E-state index contributed by atoms with van der Waals surface area (Å²) in [5, 5.41) is 14.7.